The molecule has 1 rings (SSSR count). The number of hydrogen-bond donors (Lipinski definition) is 2. The molecule has 12 heavy (non-hydrogen) atoms. The van der Waals surface area contributed by atoms with Crippen molar-refractivity contribution >= 4 is 23.2 Å². The fraction of sp³-hybridized carbons (Fsp3) is 0.250. The van der Waals surface area contributed by atoms with E-state index in [4.69, 9.17) is 28.9 Å². The highest BCUT2D eigenvalue weighted by molar-refractivity contribution is 6.35. The largest absolute Gasteiger partial charge is 0.506 e. The van der Waals surface area contributed by atoms with Crippen molar-refractivity contribution in [3.05, 3.63) is 27.2 Å². The second kappa shape index (κ2) is 3.52. The lowest BCUT2D eigenvalue weighted by Crippen LogP contribution is -1.99. The van der Waals surface area contributed by atoms with E-state index in [2.05, 4.69) is 0 Å². The topological polar surface area (TPSA) is 46.2 Å². The van der Waals surface area contributed by atoms with E-state index in [1.165, 1.54) is 0 Å². The number of benzene rings is 1. The molecule has 0 unspecified atom stereocenters. The second-order valence-corrected chi connectivity index (χ2v) is 3.31. The maximum Gasteiger partial charge on any atom is 0.140 e. The zero-order chi connectivity index (χ0) is 9.30. The minimum Gasteiger partial charge on any atom is -0.506 e. The van der Waals surface area contributed by atoms with Gasteiger partial charge in [-0.2, -0.15) is 0 Å². The molecule has 0 aliphatic heterocycles. The number of hydrogen-bond acceptors (Lipinski definition) is 2. The predicted molar refractivity (Wildman–Crippen MR) is 50.8 cm³/mol. The zero-order valence-corrected chi connectivity index (χ0v) is 8.08. The molecule has 0 aliphatic carbocycles. The van der Waals surface area contributed by atoms with Crippen LogP contribution in [0.3, 0.4) is 0 Å². The highest BCUT2D eigenvalue weighted by atomic mass is 35.5. The summed E-state index contributed by atoms with van der Waals surface area (Å²) in [7, 11) is 0. The van der Waals surface area contributed by atoms with Crippen LogP contribution in [0.1, 0.15) is 11.1 Å². The van der Waals surface area contributed by atoms with E-state index in [0.717, 1.165) is 5.56 Å². The lowest BCUT2D eigenvalue weighted by molar-refractivity contribution is 0.468. The molecule has 2 nitrogen and oxygen atoms in total. The summed E-state index contributed by atoms with van der Waals surface area (Å²) in [5, 5.41) is 10.2. The van der Waals surface area contributed by atoms with Gasteiger partial charge in [0, 0.05) is 12.1 Å². The first-order valence-electron chi connectivity index (χ1n) is 3.44. The molecule has 0 saturated heterocycles. The fourth-order valence-corrected chi connectivity index (χ4v) is 1.49. The van der Waals surface area contributed by atoms with Gasteiger partial charge in [0.2, 0.25) is 0 Å². The van der Waals surface area contributed by atoms with Crippen molar-refractivity contribution < 1.29 is 5.11 Å². The number of aromatic hydroxyl groups is 1. The number of halogens is 2. The molecule has 1 aromatic rings. The van der Waals surface area contributed by atoms with Gasteiger partial charge in [-0.05, 0) is 18.6 Å². The van der Waals surface area contributed by atoms with Crippen molar-refractivity contribution in [1.29, 1.82) is 0 Å². The van der Waals surface area contributed by atoms with Gasteiger partial charge in [0.15, 0.2) is 0 Å². The molecule has 3 N–H and O–H groups in total. The Morgan fingerprint density at radius 3 is 2.58 bits per heavy atom. The molecule has 66 valence electrons. The molecule has 0 atom stereocenters. The molecular formula is C8H9Cl2NO. The molecule has 0 saturated carbocycles. The summed E-state index contributed by atoms with van der Waals surface area (Å²) in [6, 6.07) is 1.61. The Hall–Kier alpha value is -0.440. The lowest BCUT2D eigenvalue weighted by atomic mass is 10.1. The number of rotatable bonds is 1. The predicted octanol–water partition coefficient (Wildman–Crippen LogP) is 2.47. The molecule has 1 aromatic carbocycles. The Kier molecular flexibility index (Phi) is 2.83. The SMILES string of the molecule is Cc1cc(Cl)c(O)c(CN)c1Cl. The van der Waals surface area contributed by atoms with Crippen LogP contribution in [0.5, 0.6) is 5.75 Å². The van der Waals surface area contributed by atoms with Crippen LogP contribution in [0.4, 0.5) is 0 Å². The number of phenolic OH excluding ortho intramolecular Hbond substituents is 1. The Morgan fingerprint density at radius 2 is 2.08 bits per heavy atom. The van der Waals surface area contributed by atoms with Crippen LogP contribution in [0.25, 0.3) is 0 Å². The van der Waals surface area contributed by atoms with Crippen molar-refractivity contribution in [3.8, 4) is 5.75 Å². The van der Waals surface area contributed by atoms with E-state index in [1.54, 1.807) is 6.07 Å². The van der Waals surface area contributed by atoms with E-state index < -0.39 is 0 Å². The molecule has 4 heteroatoms. The summed E-state index contributed by atoms with van der Waals surface area (Å²) in [6.07, 6.45) is 0. The van der Waals surface area contributed by atoms with Crippen LogP contribution in [-0.2, 0) is 6.54 Å². The summed E-state index contributed by atoms with van der Waals surface area (Å²) in [4.78, 5) is 0. The molecule has 0 heterocycles. The van der Waals surface area contributed by atoms with Crippen LogP contribution in [0.15, 0.2) is 6.07 Å². The van der Waals surface area contributed by atoms with Gasteiger partial charge >= 0.3 is 0 Å². The molecule has 0 radical (unpaired) electrons. The molecule has 0 spiro atoms. The number of nitrogens with two attached hydrogens (primary N) is 1. The van der Waals surface area contributed by atoms with Crippen molar-refractivity contribution in [2.75, 3.05) is 0 Å². The third kappa shape index (κ3) is 1.51. The first-order chi connectivity index (χ1) is 5.57. The number of aryl methyl sites for hydroxylation is 1. The Balaban J connectivity index is 3.42. The maximum atomic E-state index is 9.41. The highest BCUT2D eigenvalue weighted by Gasteiger charge is 2.11. The van der Waals surface area contributed by atoms with E-state index in [0.29, 0.717) is 10.6 Å². The van der Waals surface area contributed by atoms with Crippen LogP contribution < -0.4 is 5.73 Å². The smallest absolute Gasteiger partial charge is 0.140 e. The molecule has 0 aromatic heterocycles. The molecule has 0 bridgehead atoms. The highest BCUT2D eigenvalue weighted by Crippen LogP contribution is 2.34. The molecule has 0 amide bonds. The second-order valence-electron chi connectivity index (χ2n) is 2.52. The van der Waals surface area contributed by atoms with Gasteiger partial charge in [-0.15, -0.1) is 0 Å². The van der Waals surface area contributed by atoms with Gasteiger partial charge in [0.05, 0.1) is 10.0 Å². The first kappa shape index (κ1) is 9.65. The van der Waals surface area contributed by atoms with Crippen molar-refractivity contribution in [1.82, 2.24) is 0 Å². The summed E-state index contributed by atoms with van der Waals surface area (Å²) >= 11 is 11.6. The third-order valence-corrected chi connectivity index (χ3v) is 2.48. The molecule has 0 fully saturated rings. The lowest BCUT2D eigenvalue weighted by Gasteiger charge is -2.08. The van der Waals surface area contributed by atoms with Gasteiger partial charge in [0.1, 0.15) is 5.75 Å². The van der Waals surface area contributed by atoms with Crippen LogP contribution in [-0.4, -0.2) is 5.11 Å². The number of phenols is 1. The van der Waals surface area contributed by atoms with Gasteiger partial charge in [-0.25, -0.2) is 0 Å². The average Bonchev–Trinajstić information content (AvgIpc) is 2.02. The van der Waals surface area contributed by atoms with Gasteiger partial charge < -0.3 is 10.8 Å². The van der Waals surface area contributed by atoms with E-state index >= 15 is 0 Å². The zero-order valence-electron chi connectivity index (χ0n) is 6.56. The molecular weight excluding hydrogens is 197 g/mol. The van der Waals surface area contributed by atoms with Crippen LogP contribution >= 0.6 is 23.2 Å². The van der Waals surface area contributed by atoms with E-state index in [9.17, 15) is 5.11 Å². The summed E-state index contributed by atoms with van der Waals surface area (Å²) in [6.45, 7) is 2.00. The van der Waals surface area contributed by atoms with Crippen LogP contribution in [0.2, 0.25) is 10.0 Å². The van der Waals surface area contributed by atoms with Gasteiger partial charge in [0.25, 0.3) is 0 Å². The Labute approximate surface area is 80.9 Å². The first-order valence-corrected chi connectivity index (χ1v) is 4.20. The summed E-state index contributed by atoms with van der Waals surface area (Å²) in [5.74, 6) is -0.0187. The average molecular weight is 206 g/mol. The summed E-state index contributed by atoms with van der Waals surface area (Å²) < 4.78 is 0. The Bertz CT molecular complexity index is 286. The van der Waals surface area contributed by atoms with Gasteiger partial charge in [-0.3, -0.25) is 0 Å². The molecule has 0 aliphatic rings. The third-order valence-electron chi connectivity index (χ3n) is 1.67. The normalized spacial score (nSPS) is 10.3. The quantitative estimate of drug-likeness (QED) is 0.741. The van der Waals surface area contributed by atoms with Crippen molar-refractivity contribution in [2.24, 2.45) is 5.73 Å². The fourth-order valence-electron chi connectivity index (χ4n) is 0.994. The van der Waals surface area contributed by atoms with Crippen LogP contribution in [0, 0.1) is 6.92 Å². The van der Waals surface area contributed by atoms with Crippen molar-refractivity contribution in [2.45, 2.75) is 13.5 Å². The van der Waals surface area contributed by atoms with Gasteiger partial charge in [-0.1, -0.05) is 23.2 Å². The van der Waals surface area contributed by atoms with E-state index in [-0.39, 0.29) is 17.3 Å². The Morgan fingerprint density at radius 1 is 1.50 bits per heavy atom. The van der Waals surface area contributed by atoms with E-state index in [1.807, 2.05) is 6.92 Å². The maximum absolute atomic E-state index is 9.41. The minimum absolute atomic E-state index is 0.0187. The monoisotopic (exact) mass is 205 g/mol. The standard InChI is InChI=1S/C8H9Cl2NO/c1-4-2-6(9)8(12)5(3-11)7(4)10/h2,12H,3,11H2,1H3. The minimum atomic E-state index is -0.0187. The summed E-state index contributed by atoms with van der Waals surface area (Å²) in [5.41, 5.74) is 6.71. The van der Waals surface area contributed by atoms with Crippen molar-refractivity contribution in [3.63, 3.8) is 0 Å².